The molecule has 90 valence electrons. The van der Waals surface area contributed by atoms with Gasteiger partial charge in [0, 0.05) is 6.20 Å². The van der Waals surface area contributed by atoms with Gasteiger partial charge in [0.2, 0.25) is 0 Å². The Morgan fingerprint density at radius 2 is 1.72 bits per heavy atom. The fourth-order valence-corrected chi connectivity index (χ4v) is 2.15. The quantitative estimate of drug-likeness (QED) is 0.761. The lowest BCUT2D eigenvalue weighted by Crippen LogP contribution is -1.98. The molecule has 3 rings (SSSR count). The average molecular weight is 237 g/mol. The van der Waals surface area contributed by atoms with E-state index in [1.54, 1.807) is 0 Å². The Bertz CT molecular complexity index is 656. The molecule has 0 fully saturated rings. The van der Waals surface area contributed by atoms with Crippen molar-refractivity contribution in [3.05, 3.63) is 66.0 Å². The first-order valence-corrected chi connectivity index (χ1v) is 6.10. The predicted octanol–water partition coefficient (Wildman–Crippen LogP) is 2.70. The molecule has 2 aromatic heterocycles. The number of fused-ring (bicyclic) bond motifs is 1. The van der Waals surface area contributed by atoms with Gasteiger partial charge in [-0.1, -0.05) is 36.4 Å². The molecule has 0 aliphatic carbocycles. The number of nitrogens with zero attached hydrogens (tertiary/aromatic N) is 2. The van der Waals surface area contributed by atoms with Crippen LogP contribution < -0.4 is 5.73 Å². The van der Waals surface area contributed by atoms with E-state index in [0.717, 1.165) is 30.0 Å². The van der Waals surface area contributed by atoms with Crippen LogP contribution in [0.1, 0.15) is 11.3 Å². The molecule has 3 nitrogen and oxygen atoms in total. The van der Waals surface area contributed by atoms with Crippen LogP contribution in [-0.4, -0.2) is 9.38 Å². The van der Waals surface area contributed by atoms with Gasteiger partial charge in [-0.05, 0) is 30.5 Å². The molecular formula is C15H15N3. The molecule has 0 unspecified atom stereocenters. The molecule has 0 aliphatic heterocycles. The van der Waals surface area contributed by atoms with Crippen LogP contribution >= 0.6 is 0 Å². The second-order valence-corrected chi connectivity index (χ2v) is 4.36. The monoisotopic (exact) mass is 237 g/mol. The maximum atomic E-state index is 6.10. The number of pyridine rings is 1. The lowest BCUT2D eigenvalue weighted by Gasteiger charge is -2.00. The van der Waals surface area contributed by atoms with Gasteiger partial charge in [0.25, 0.3) is 0 Å². The SMILES string of the molecule is Nc1c(CCc2ccccc2)nc2ccccn12. The Kier molecular flexibility index (Phi) is 2.73. The summed E-state index contributed by atoms with van der Waals surface area (Å²) >= 11 is 0. The lowest BCUT2D eigenvalue weighted by molar-refractivity contribution is 0.931. The molecule has 0 saturated carbocycles. The van der Waals surface area contributed by atoms with Crippen molar-refractivity contribution in [1.82, 2.24) is 9.38 Å². The Labute approximate surface area is 106 Å². The van der Waals surface area contributed by atoms with Gasteiger partial charge in [-0.2, -0.15) is 0 Å². The minimum absolute atomic E-state index is 0.751. The predicted molar refractivity (Wildman–Crippen MR) is 73.5 cm³/mol. The fraction of sp³-hybridized carbons (Fsp3) is 0.133. The number of anilines is 1. The summed E-state index contributed by atoms with van der Waals surface area (Å²) < 4.78 is 1.93. The molecule has 0 bridgehead atoms. The fourth-order valence-electron chi connectivity index (χ4n) is 2.15. The van der Waals surface area contributed by atoms with E-state index in [-0.39, 0.29) is 0 Å². The van der Waals surface area contributed by atoms with Gasteiger partial charge in [0.15, 0.2) is 0 Å². The summed E-state index contributed by atoms with van der Waals surface area (Å²) in [6.45, 7) is 0. The van der Waals surface area contributed by atoms with Crippen LogP contribution in [0.4, 0.5) is 5.82 Å². The second kappa shape index (κ2) is 4.53. The first-order valence-electron chi connectivity index (χ1n) is 6.10. The molecule has 2 N–H and O–H groups in total. The van der Waals surface area contributed by atoms with Crippen molar-refractivity contribution in [2.45, 2.75) is 12.8 Å². The number of hydrogen-bond acceptors (Lipinski definition) is 2. The van der Waals surface area contributed by atoms with Gasteiger partial charge in [-0.25, -0.2) is 4.98 Å². The molecule has 18 heavy (non-hydrogen) atoms. The molecule has 0 radical (unpaired) electrons. The van der Waals surface area contributed by atoms with E-state index in [2.05, 4.69) is 29.2 Å². The number of nitrogens with two attached hydrogens (primary N) is 1. The van der Waals surface area contributed by atoms with Crippen molar-refractivity contribution in [1.29, 1.82) is 0 Å². The van der Waals surface area contributed by atoms with Crippen molar-refractivity contribution in [3.63, 3.8) is 0 Å². The van der Waals surface area contributed by atoms with Gasteiger partial charge in [0.05, 0.1) is 5.69 Å². The van der Waals surface area contributed by atoms with E-state index in [1.165, 1.54) is 5.56 Å². The second-order valence-electron chi connectivity index (χ2n) is 4.36. The van der Waals surface area contributed by atoms with E-state index in [4.69, 9.17) is 5.73 Å². The molecule has 3 aromatic rings. The summed E-state index contributed by atoms with van der Waals surface area (Å²) in [5, 5.41) is 0. The molecule has 0 saturated heterocycles. The Hall–Kier alpha value is -2.29. The van der Waals surface area contributed by atoms with Crippen LogP contribution in [0.2, 0.25) is 0 Å². The van der Waals surface area contributed by atoms with Crippen LogP contribution in [0, 0.1) is 0 Å². The van der Waals surface area contributed by atoms with E-state index in [9.17, 15) is 0 Å². The van der Waals surface area contributed by atoms with Gasteiger partial charge in [-0.3, -0.25) is 4.40 Å². The third-order valence-corrected chi connectivity index (χ3v) is 3.14. The molecule has 3 heteroatoms. The zero-order chi connectivity index (χ0) is 12.4. The first kappa shape index (κ1) is 10.8. The van der Waals surface area contributed by atoms with Crippen LogP contribution in [0.25, 0.3) is 5.65 Å². The zero-order valence-electron chi connectivity index (χ0n) is 10.1. The van der Waals surface area contributed by atoms with Gasteiger partial charge < -0.3 is 5.73 Å². The van der Waals surface area contributed by atoms with E-state index in [0.29, 0.717) is 0 Å². The van der Waals surface area contributed by atoms with Crippen molar-refractivity contribution in [3.8, 4) is 0 Å². The van der Waals surface area contributed by atoms with E-state index >= 15 is 0 Å². The summed E-state index contributed by atoms with van der Waals surface area (Å²) in [6.07, 6.45) is 3.79. The average Bonchev–Trinajstić information content (AvgIpc) is 2.75. The van der Waals surface area contributed by atoms with Crippen LogP contribution in [0.5, 0.6) is 0 Å². The number of hydrogen-bond donors (Lipinski definition) is 1. The Balaban J connectivity index is 1.85. The van der Waals surface area contributed by atoms with Crippen molar-refractivity contribution >= 4 is 11.5 Å². The minimum atomic E-state index is 0.751. The summed E-state index contributed by atoms with van der Waals surface area (Å²) in [6, 6.07) is 16.3. The van der Waals surface area contributed by atoms with Crippen molar-refractivity contribution in [2.24, 2.45) is 0 Å². The van der Waals surface area contributed by atoms with Gasteiger partial charge in [0.1, 0.15) is 11.5 Å². The number of benzene rings is 1. The highest BCUT2D eigenvalue weighted by molar-refractivity contribution is 5.52. The number of imidazole rings is 1. The van der Waals surface area contributed by atoms with Gasteiger partial charge in [-0.15, -0.1) is 0 Å². The molecular weight excluding hydrogens is 222 g/mol. The third-order valence-electron chi connectivity index (χ3n) is 3.14. The minimum Gasteiger partial charge on any atom is -0.383 e. The Morgan fingerprint density at radius 1 is 0.944 bits per heavy atom. The zero-order valence-corrected chi connectivity index (χ0v) is 10.1. The summed E-state index contributed by atoms with van der Waals surface area (Å²) in [4.78, 5) is 4.57. The molecule has 0 spiro atoms. The molecule has 0 atom stereocenters. The van der Waals surface area contributed by atoms with Crippen LogP contribution in [0.3, 0.4) is 0 Å². The number of nitrogen functional groups attached to an aromatic ring is 1. The standard InChI is InChI=1S/C15H15N3/c16-15-13(10-9-12-6-2-1-3-7-12)17-14-8-4-5-11-18(14)15/h1-8,11H,9-10,16H2. The Morgan fingerprint density at radius 3 is 2.50 bits per heavy atom. The third kappa shape index (κ3) is 1.95. The van der Waals surface area contributed by atoms with Crippen LogP contribution in [-0.2, 0) is 12.8 Å². The topological polar surface area (TPSA) is 43.3 Å². The number of rotatable bonds is 3. The highest BCUT2D eigenvalue weighted by Gasteiger charge is 2.08. The summed E-state index contributed by atoms with van der Waals surface area (Å²) in [5.74, 6) is 0.751. The highest BCUT2D eigenvalue weighted by Crippen LogP contribution is 2.16. The van der Waals surface area contributed by atoms with E-state index < -0.39 is 0 Å². The summed E-state index contributed by atoms with van der Waals surface area (Å²) in [7, 11) is 0. The highest BCUT2D eigenvalue weighted by atomic mass is 15.1. The molecule has 0 aliphatic rings. The molecule has 0 amide bonds. The number of aromatic nitrogens is 2. The van der Waals surface area contributed by atoms with E-state index in [1.807, 2.05) is 34.9 Å². The lowest BCUT2D eigenvalue weighted by atomic mass is 10.1. The molecule has 2 heterocycles. The molecule has 1 aromatic carbocycles. The van der Waals surface area contributed by atoms with Crippen molar-refractivity contribution in [2.75, 3.05) is 5.73 Å². The summed E-state index contributed by atoms with van der Waals surface area (Å²) in [5.41, 5.74) is 9.31. The van der Waals surface area contributed by atoms with Gasteiger partial charge >= 0.3 is 0 Å². The largest absolute Gasteiger partial charge is 0.383 e. The number of aryl methyl sites for hydroxylation is 2. The van der Waals surface area contributed by atoms with Crippen LogP contribution in [0.15, 0.2) is 54.7 Å². The maximum Gasteiger partial charge on any atom is 0.138 e. The maximum absolute atomic E-state index is 6.10. The normalized spacial score (nSPS) is 10.9. The van der Waals surface area contributed by atoms with Crippen molar-refractivity contribution < 1.29 is 0 Å². The smallest absolute Gasteiger partial charge is 0.138 e. The first-order chi connectivity index (χ1) is 8.84.